The second-order valence-electron chi connectivity index (χ2n) is 3.27. The molecule has 0 aliphatic rings. The molecule has 0 atom stereocenters. The van der Waals surface area contributed by atoms with Crippen molar-refractivity contribution in [3.8, 4) is 0 Å². The van der Waals surface area contributed by atoms with Crippen LogP contribution in [0.4, 0.5) is 11.5 Å². The standard InChI is InChI=1S/C9H9N5O2/c10-9-6-13(12-11-9)5-7-2-1-3-8(4-7)14(15)16/h1-4,6H,5,10H2. The highest BCUT2D eigenvalue weighted by molar-refractivity contribution is 5.34. The molecule has 7 nitrogen and oxygen atoms in total. The molecule has 0 saturated heterocycles. The highest BCUT2D eigenvalue weighted by atomic mass is 16.6. The summed E-state index contributed by atoms with van der Waals surface area (Å²) < 4.78 is 1.52. The molecule has 0 aliphatic heterocycles. The van der Waals surface area contributed by atoms with Crippen LogP contribution in [-0.2, 0) is 6.54 Å². The molecule has 0 spiro atoms. The number of hydrogen-bond acceptors (Lipinski definition) is 5. The van der Waals surface area contributed by atoms with Crippen LogP contribution in [0, 0.1) is 10.1 Å². The summed E-state index contributed by atoms with van der Waals surface area (Å²) in [5.41, 5.74) is 6.25. The lowest BCUT2D eigenvalue weighted by Gasteiger charge is -2.00. The summed E-state index contributed by atoms with van der Waals surface area (Å²) in [6.45, 7) is 0.409. The van der Waals surface area contributed by atoms with Gasteiger partial charge in [-0.1, -0.05) is 17.3 Å². The van der Waals surface area contributed by atoms with E-state index < -0.39 is 4.92 Å². The Morgan fingerprint density at radius 2 is 2.31 bits per heavy atom. The van der Waals surface area contributed by atoms with Crippen LogP contribution in [0.2, 0.25) is 0 Å². The zero-order valence-electron chi connectivity index (χ0n) is 8.28. The van der Waals surface area contributed by atoms with E-state index in [-0.39, 0.29) is 5.69 Å². The minimum absolute atomic E-state index is 0.0607. The first kappa shape index (κ1) is 10.1. The topological polar surface area (TPSA) is 99.9 Å². The van der Waals surface area contributed by atoms with Gasteiger partial charge in [-0.05, 0) is 5.56 Å². The Hall–Kier alpha value is -2.44. The summed E-state index contributed by atoms with van der Waals surface area (Å²) >= 11 is 0. The molecule has 0 aliphatic carbocycles. The van der Waals surface area contributed by atoms with Crippen molar-refractivity contribution in [3.63, 3.8) is 0 Å². The normalized spacial score (nSPS) is 10.2. The van der Waals surface area contributed by atoms with Gasteiger partial charge in [-0.3, -0.25) is 10.1 Å². The molecule has 0 bridgehead atoms. The molecule has 0 unspecified atom stereocenters. The molecule has 1 heterocycles. The van der Waals surface area contributed by atoms with E-state index in [0.29, 0.717) is 12.4 Å². The van der Waals surface area contributed by atoms with Gasteiger partial charge >= 0.3 is 0 Å². The number of nitro groups is 1. The van der Waals surface area contributed by atoms with E-state index in [1.54, 1.807) is 18.3 Å². The zero-order chi connectivity index (χ0) is 11.5. The monoisotopic (exact) mass is 219 g/mol. The first-order chi connectivity index (χ1) is 7.65. The summed E-state index contributed by atoms with van der Waals surface area (Å²) in [6.07, 6.45) is 1.57. The number of hydrogen-bond donors (Lipinski definition) is 1. The highest BCUT2D eigenvalue weighted by Gasteiger charge is 2.06. The molecule has 1 aromatic heterocycles. The van der Waals surface area contributed by atoms with E-state index >= 15 is 0 Å². The van der Waals surface area contributed by atoms with Gasteiger partial charge in [-0.2, -0.15) is 0 Å². The van der Waals surface area contributed by atoms with Crippen molar-refractivity contribution in [2.45, 2.75) is 6.54 Å². The van der Waals surface area contributed by atoms with Crippen LogP contribution >= 0.6 is 0 Å². The van der Waals surface area contributed by atoms with Gasteiger partial charge in [0.05, 0.1) is 17.7 Å². The highest BCUT2D eigenvalue weighted by Crippen LogP contribution is 2.13. The minimum Gasteiger partial charge on any atom is -0.381 e. The van der Waals surface area contributed by atoms with Gasteiger partial charge in [0.1, 0.15) is 0 Å². The first-order valence-electron chi connectivity index (χ1n) is 4.54. The largest absolute Gasteiger partial charge is 0.381 e. The van der Waals surface area contributed by atoms with Crippen LogP contribution < -0.4 is 5.73 Å². The van der Waals surface area contributed by atoms with Gasteiger partial charge in [-0.25, -0.2) is 4.68 Å². The average molecular weight is 219 g/mol. The predicted molar refractivity (Wildman–Crippen MR) is 56.6 cm³/mol. The second kappa shape index (κ2) is 3.97. The van der Waals surface area contributed by atoms with E-state index in [9.17, 15) is 10.1 Å². The number of benzene rings is 1. The maximum Gasteiger partial charge on any atom is 0.269 e. The summed E-state index contributed by atoms with van der Waals surface area (Å²) in [6, 6.07) is 6.36. The van der Waals surface area contributed by atoms with E-state index in [4.69, 9.17) is 5.73 Å². The van der Waals surface area contributed by atoms with Gasteiger partial charge in [0, 0.05) is 12.1 Å². The van der Waals surface area contributed by atoms with Crippen LogP contribution in [0.3, 0.4) is 0 Å². The molecule has 0 amide bonds. The number of anilines is 1. The van der Waals surface area contributed by atoms with Crippen LogP contribution in [0.25, 0.3) is 0 Å². The van der Waals surface area contributed by atoms with Gasteiger partial charge in [0.25, 0.3) is 5.69 Å². The molecule has 2 aromatic rings. The summed E-state index contributed by atoms with van der Waals surface area (Å²) in [7, 11) is 0. The number of rotatable bonds is 3. The zero-order valence-corrected chi connectivity index (χ0v) is 8.28. The smallest absolute Gasteiger partial charge is 0.269 e. The second-order valence-corrected chi connectivity index (χ2v) is 3.27. The van der Waals surface area contributed by atoms with E-state index in [0.717, 1.165) is 5.56 Å². The molecule has 2 rings (SSSR count). The molecular weight excluding hydrogens is 210 g/mol. The molecular formula is C9H9N5O2. The third-order valence-corrected chi connectivity index (χ3v) is 2.02. The number of nitrogens with zero attached hydrogens (tertiary/aromatic N) is 4. The summed E-state index contributed by atoms with van der Waals surface area (Å²) in [5, 5.41) is 17.9. The number of nitro benzene ring substituents is 1. The molecule has 1 aromatic carbocycles. The van der Waals surface area contributed by atoms with Crippen molar-refractivity contribution in [1.82, 2.24) is 15.0 Å². The maximum absolute atomic E-state index is 10.6. The lowest BCUT2D eigenvalue weighted by Crippen LogP contribution is -2.01. The van der Waals surface area contributed by atoms with Crippen molar-refractivity contribution in [1.29, 1.82) is 0 Å². The van der Waals surface area contributed by atoms with Crippen LogP contribution in [-0.4, -0.2) is 19.9 Å². The molecule has 2 N–H and O–H groups in total. The van der Waals surface area contributed by atoms with Gasteiger partial charge in [0.15, 0.2) is 5.82 Å². The summed E-state index contributed by atoms with van der Waals surface area (Å²) in [4.78, 5) is 10.1. The van der Waals surface area contributed by atoms with Crippen LogP contribution in [0.5, 0.6) is 0 Å². The van der Waals surface area contributed by atoms with Crippen molar-refractivity contribution >= 4 is 11.5 Å². The Morgan fingerprint density at radius 1 is 1.50 bits per heavy atom. The van der Waals surface area contributed by atoms with Crippen molar-refractivity contribution < 1.29 is 4.92 Å². The Bertz CT molecular complexity index is 522. The molecule has 16 heavy (non-hydrogen) atoms. The van der Waals surface area contributed by atoms with Crippen molar-refractivity contribution in [3.05, 3.63) is 46.1 Å². The average Bonchev–Trinajstić information content (AvgIpc) is 2.64. The van der Waals surface area contributed by atoms with Crippen molar-refractivity contribution in [2.75, 3.05) is 5.73 Å². The lowest BCUT2D eigenvalue weighted by atomic mass is 10.2. The van der Waals surface area contributed by atoms with Gasteiger partial charge in [-0.15, -0.1) is 5.10 Å². The van der Waals surface area contributed by atoms with E-state index in [2.05, 4.69) is 10.3 Å². The quantitative estimate of drug-likeness (QED) is 0.608. The fraction of sp³-hybridized carbons (Fsp3) is 0.111. The minimum atomic E-state index is -0.431. The number of non-ortho nitro benzene ring substituents is 1. The predicted octanol–water partition coefficient (Wildman–Crippen LogP) is 0.817. The van der Waals surface area contributed by atoms with Crippen LogP contribution in [0.1, 0.15) is 5.56 Å². The number of aromatic nitrogens is 3. The molecule has 82 valence electrons. The van der Waals surface area contributed by atoms with E-state index in [1.165, 1.54) is 16.8 Å². The first-order valence-corrected chi connectivity index (χ1v) is 4.54. The number of nitrogen functional groups attached to an aromatic ring is 1. The third-order valence-electron chi connectivity index (χ3n) is 2.02. The van der Waals surface area contributed by atoms with Gasteiger partial charge < -0.3 is 5.73 Å². The Morgan fingerprint density at radius 3 is 2.94 bits per heavy atom. The number of nitrogens with two attached hydrogens (primary N) is 1. The Balaban J connectivity index is 2.21. The van der Waals surface area contributed by atoms with E-state index in [1.807, 2.05) is 0 Å². The van der Waals surface area contributed by atoms with Crippen molar-refractivity contribution in [2.24, 2.45) is 0 Å². The molecule has 0 radical (unpaired) electrons. The fourth-order valence-corrected chi connectivity index (χ4v) is 1.35. The molecule has 7 heteroatoms. The lowest BCUT2D eigenvalue weighted by molar-refractivity contribution is -0.384. The van der Waals surface area contributed by atoms with Gasteiger partial charge in [0.2, 0.25) is 0 Å². The molecule has 0 fully saturated rings. The molecule has 0 saturated carbocycles. The SMILES string of the molecule is Nc1cn(Cc2cccc([N+](=O)[O-])c2)nn1. The van der Waals surface area contributed by atoms with Crippen LogP contribution in [0.15, 0.2) is 30.5 Å². The third kappa shape index (κ3) is 2.14. The summed E-state index contributed by atoms with van der Waals surface area (Å²) in [5.74, 6) is 0.324. The fourth-order valence-electron chi connectivity index (χ4n) is 1.35. The maximum atomic E-state index is 10.6. The Kier molecular flexibility index (Phi) is 2.50. The Labute approximate surface area is 90.6 Å².